The highest BCUT2D eigenvalue weighted by atomic mass is 32.1. The Bertz CT molecular complexity index is 1180. The lowest BCUT2D eigenvalue weighted by Gasteiger charge is -2.40. The van der Waals surface area contributed by atoms with Gasteiger partial charge < -0.3 is 21.1 Å². The molecule has 0 aliphatic heterocycles. The normalized spacial score (nSPS) is 12.9. The van der Waals surface area contributed by atoms with Gasteiger partial charge in [0.2, 0.25) is 0 Å². The van der Waals surface area contributed by atoms with Crippen LogP contribution in [-0.2, 0) is 11.0 Å². The number of carboxylic acids is 1. The topological polar surface area (TPSA) is 119 Å². The summed E-state index contributed by atoms with van der Waals surface area (Å²) in [6.45, 7) is 3.04. The number of amides is 1. The van der Waals surface area contributed by atoms with Crippen molar-refractivity contribution in [2.75, 3.05) is 10.2 Å². The number of carbonyl (C=O) groups is 2. The van der Waals surface area contributed by atoms with Crippen molar-refractivity contribution in [2.24, 2.45) is 5.73 Å². The van der Waals surface area contributed by atoms with Gasteiger partial charge in [0.05, 0.1) is 22.8 Å². The van der Waals surface area contributed by atoms with Crippen LogP contribution in [0, 0.1) is 17.1 Å². The van der Waals surface area contributed by atoms with Crippen LogP contribution in [0.3, 0.4) is 0 Å². The number of rotatable bonds is 7. The smallest absolute Gasteiger partial charge is 0.417 e. The molecule has 2 rings (SSSR count). The van der Waals surface area contributed by atoms with Gasteiger partial charge in [-0.05, 0) is 62.0 Å². The number of carboxylic acid groups (broad SMARTS) is 1. The van der Waals surface area contributed by atoms with Gasteiger partial charge in [0.25, 0.3) is 5.91 Å². The first-order valence-electron chi connectivity index (χ1n) is 9.81. The molecule has 0 heterocycles. The second-order valence-electron chi connectivity index (χ2n) is 7.49. The third-order valence-electron chi connectivity index (χ3n) is 5.07. The number of nitrogens with one attached hydrogen (secondary N) is 1. The summed E-state index contributed by atoms with van der Waals surface area (Å²) in [6, 6.07) is 7.40. The number of carbonyl (C=O) groups excluding carboxylic acids is 1. The summed E-state index contributed by atoms with van der Waals surface area (Å²) < 4.78 is 54.5. The van der Waals surface area contributed by atoms with E-state index in [0.29, 0.717) is 12.5 Å². The minimum Gasteiger partial charge on any atom is -0.479 e. The summed E-state index contributed by atoms with van der Waals surface area (Å²) in [5.41, 5.74) is 0.901. The van der Waals surface area contributed by atoms with Crippen LogP contribution in [0.25, 0.3) is 0 Å². The average Bonchev–Trinajstić information content (AvgIpc) is 2.73. The molecule has 0 saturated carbocycles. The van der Waals surface area contributed by atoms with Gasteiger partial charge in [0, 0.05) is 11.4 Å². The zero-order valence-electron chi connectivity index (χ0n) is 18.0. The first-order valence-corrected chi connectivity index (χ1v) is 10.2. The highest BCUT2D eigenvalue weighted by Crippen LogP contribution is 2.35. The fourth-order valence-electron chi connectivity index (χ4n) is 3.40. The van der Waals surface area contributed by atoms with E-state index >= 15 is 0 Å². The molecule has 12 heteroatoms. The van der Waals surface area contributed by atoms with Crippen LogP contribution in [0.4, 0.5) is 28.9 Å². The van der Waals surface area contributed by atoms with Gasteiger partial charge in [-0.2, -0.15) is 18.4 Å². The molecule has 0 radical (unpaired) electrons. The fourth-order valence-corrected chi connectivity index (χ4v) is 3.83. The SMILES string of the molecule is CCCC(C)(C(=O)O)N(C(=S)Nc1ccc(C#N)c(C(F)(F)F)c1)c1ccc(C(N)=O)c(F)c1. The number of thiocarbonyl (C=S) groups is 1. The molecule has 2 aromatic rings. The number of aliphatic carboxylic acids is 1. The van der Waals surface area contributed by atoms with Crippen LogP contribution in [0.2, 0.25) is 0 Å². The van der Waals surface area contributed by atoms with Crippen molar-refractivity contribution in [3.8, 4) is 6.07 Å². The summed E-state index contributed by atoms with van der Waals surface area (Å²) in [5, 5.41) is 21.1. The molecule has 0 bridgehead atoms. The molecule has 7 nitrogen and oxygen atoms in total. The van der Waals surface area contributed by atoms with E-state index in [-0.39, 0.29) is 22.9 Å². The summed E-state index contributed by atoms with van der Waals surface area (Å²) in [7, 11) is 0. The van der Waals surface area contributed by atoms with Crippen molar-refractivity contribution in [3.05, 3.63) is 58.9 Å². The molecule has 0 aliphatic rings. The number of halogens is 4. The Kier molecular flexibility index (Phi) is 7.84. The third-order valence-corrected chi connectivity index (χ3v) is 5.35. The minimum absolute atomic E-state index is 0.0323. The van der Waals surface area contributed by atoms with E-state index in [2.05, 4.69) is 5.32 Å². The van der Waals surface area contributed by atoms with Crippen LogP contribution in [-0.4, -0.2) is 27.6 Å². The number of primary amides is 1. The van der Waals surface area contributed by atoms with Crippen LogP contribution < -0.4 is 16.0 Å². The van der Waals surface area contributed by atoms with E-state index in [1.54, 1.807) is 6.92 Å². The predicted molar refractivity (Wildman–Crippen MR) is 121 cm³/mol. The van der Waals surface area contributed by atoms with Gasteiger partial charge in [0.1, 0.15) is 11.4 Å². The lowest BCUT2D eigenvalue weighted by molar-refractivity contribution is -0.142. The quantitative estimate of drug-likeness (QED) is 0.377. The maximum Gasteiger partial charge on any atom is 0.417 e. The van der Waals surface area contributed by atoms with Crippen LogP contribution in [0.1, 0.15) is 48.2 Å². The highest BCUT2D eigenvalue weighted by molar-refractivity contribution is 7.80. The number of hydrogen-bond donors (Lipinski definition) is 3. The van der Waals surface area contributed by atoms with Gasteiger partial charge in [-0.1, -0.05) is 13.3 Å². The molecule has 0 spiro atoms. The summed E-state index contributed by atoms with van der Waals surface area (Å²) in [4.78, 5) is 24.7. The average molecular weight is 496 g/mol. The first-order chi connectivity index (χ1) is 15.8. The Morgan fingerprint density at radius 2 is 1.88 bits per heavy atom. The number of hydrogen-bond acceptors (Lipinski definition) is 4. The Balaban J connectivity index is 2.61. The second kappa shape index (κ2) is 10.0. The van der Waals surface area contributed by atoms with Crippen molar-refractivity contribution in [2.45, 2.75) is 38.4 Å². The van der Waals surface area contributed by atoms with E-state index in [0.717, 1.165) is 23.1 Å². The van der Waals surface area contributed by atoms with E-state index in [1.165, 1.54) is 25.1 Å². The van der Waals surface area contributed by atoms with E-state index < -0.39 is 46.1 Å². The molecule has 1 amide bonds. The summed E-state index contributed by atoms with van der Waals surface area (Å²) in [6.07, 6.45) is -4.42. The van der Waals surface area contributed by atoms with Crippen molar-refractivity contribution in [1.29, 1.82) is 5.26 Å². The van der Waals surface area contributed by atoms with Gasteiger partial charge >= 0.3 is 12.1 Å². The molecular formula is C22H20F4N4O3S. The summed E-state index contributed by atoms with van der Waals surface area (Å²) in [5.74, 6) is -3.39. The number of nitrogens with two attached hydrogens (primary N) is 1. The van der Waals surface area contributed by atoms with E-state index in [4.69, 9.17) is 23.2 Å². The minimum atomic E-state index is -4.82. The van der Waals surface area contributed by atoms with Gasteiger partial charge in [-0.3, -0.25) is 4.79 Å². The van der Waals surface area contributed by atoms with Crippen LogP contribution in [0.15, 0.2) is 36.4 Å². The van der Waals surface area contributed by atoms with Crippen molar-refractivity contribution < 1.29 is 32.3 Å². The molecule has 0 fully saturated rings. The molecule has 0 saturated heterocycles. The van der Waals surface area contributed by atoms with Gasteiger partial charge in [-0.25, -0.2) is 9.18 Å². The van der Waals surface area contributed by atoms with Gasteiger partial charge in [0.15, 0.2) is 5.11 Å². The second-order valence-corrected chi connectivity index (χ2v) is 7.88. The lowest BCUT2D eigenvalue weighted by Crippen LogP contribution is -2.56. The number of anilines is 2. The van der Waals surface area contributed by atoms with Crippen molar-refractivity contribution in [1.82, 2.24) is 0 Å². The number of nitrogens with zero attached hydrogens (tertiary/aromatic N) is 2. The molecule has 2 aromatic carbocycles. The molecule has 34 heavy (non-hydrogen) atoms. The lowest BCUT2D eigenvalue weighted by atomic mass is 9.93. The largest absolute Gasteiger partial charge is 0.479 e. The predicted octanol–water partition coefficient (Wildman–Crippen LogP) is 4.66. The van der Waals surface area contributed by atoms with Crippen LogP contribution >= 0.6 is 12.2 Å². The Labute approximate surface area is 197 Å². The van der Waals surface area contributed by atoms with Crippen molar-refractivity contribution in [3.63, 3.8) is 0 Å². The number of alkyl halides is 3. The standard InChI is InChI=1S/C22H20F4N4O3S/c1-3-8-21(2,19(32)33)30(14-6-7-15(18(28)31)17(23)10-14)20(34)29-13-5-4-12(11-27)16(9-13)22(24,25)26/h4-7,9-10H,3,8H2,1-2H3,(H2,28,31)(H,29,34)(H,32,33). The molecule has 180 valence electrons. The maximum absolute atomic E-state index is 14.5. The van der Waals surface area contributed by atoms with Crippen molar-refractivity contribution >= 4 is 40.6 Å². The zero-order chi connectivity index (χ0) is 25.8. The van der Waals surface area contributed by atoms with E-state index in [1.807, 2.05) is 0 Å². The Hall–Kier alpha value is -3.72. The fraction of sp³-hybridized carbons (Fsp3) is 0.273. The molecule has 0 aliphatic carbocycles. The number of benzene rings is 2. The van der Waals surface area contributed by atoms with E-state index in [9.17, 15) is 32.3 Å². The third kappa shape index (κ3) is 5.43. The monoisotopic (exact) mass is 496 g/mol. The maximum atomic E-state index is 14.5. The van der Waals surface area contributed by atoms with Crippen LogP contribution in [0.5, 0.6) is 0 Å². The first kappa shape index (κ1) is 26.5. The Morgan fingerprint density at radius 3 is 2.35 bits per heavy atom. The van der Waals surface area contributed by atoms with Gasteiger partial charge in [-0.15, -0.1) is 0 Å². The molecular weight excluding hydrogens is 476 g/mol. The summed E-state index contributed by atoms with van der Waals surface area (Å²) >= 11 is 5.34. The number of nitriles is 1. The molecule has 1 unspecified atom stereocenters. The highest BCUT2D eigenvalue weighted by Gasteiger charge is 2.42. The molecule has 1 atom stereocenters. The molecule has 0 aromatic heterocycles. The zero-order valence-corrected chi connectivity index (χ0v) is 18.9. The molecule has 4 N–H and O–H groups in total. The Morgan fingerprint density at radius 1 is 1.24 bits per heavy atom.